The van der Waals surface area contributed by atoms with Crippen molar-refractivity contribution in [1.82, 2.24) is 9.80 Å². The number of thioether (sulfide) groups is 1. The quantitative estimate of drug-likeness (QED) is 0.328. The standard InChI is InChI=1S/C22H22IN3O2S2/c23-17-6-8-18(9-7-17)26-20(27)14-19(21(26)28)30-22(29)25-12-10-24(11-13-25)15-16-4-2-1-3-5-16/h1-9,19H,10-15H2/t19-/m1/s1. The first-order chi connectivity index (χ1) is 14.5. The predicted octanol–water partition coefficient (Wildman–Crippen LogP) is 3.76. The molecule has 0 N–H and O–H groups in total. The zero-order chi connectivity index (χ0) is 21.1. The molecule has 0 radical (unpaired) electrons. The Kier molecular flexibility index (Phi) is 7.07. The lowest BCUT2D eigenvalue weighted by atomic mass is 10.2. The van der Waals surface area contributed by atoms with Crippen LogP contribution < -0.4 is 4.90 Å². The molecule has 2 amide bonds. The highest BCUT2D eigenvalue weighted by atomic mass is 127. The molecule has 0 unspecified atom stereocenters. The summed E-state index contributed by atoms with van der Waals surface area (Å²) in [7, 11) is 0. The lowest BCUT2D eigenvalue weighted by molar-refractivity contribution is -0.121. The second-order valence-corrected chi connectivity index (χ2v) is 10.5. The van der Waals surface area contributed by atoms with Crippen molar-refractivity contribution in [3.8, 4) is 0 Å². The first kappa shape index (κ1) is 21.7. The number of benzene rings is 2. The van der Waals surface area contributed by atoms with E-state index in [0.717, 1.165) is 36.3 Å². The van der Waals surface area contributed by atoms with Crippen molar-refractivity contribution in [3.05, 3.63) is 63.7 Å². The minimum absolute atomic E-state index is 0.158. The number of carbonyl (C=O) groups excluding carboxylic acids is 2. The molecule has 1 atom stereocenters. The fourth-order valence-corrected chi connectivity index (χ4v) is 5.58. The minimum Gasteiger partial charge on any atom is -0.355 e. The minimum atomic E-state index is -0.438. The van der Waals surface area contributed by atoms with Crippen LogP contribution in [0.25, 0.3) is 0 Å². The molecule has 2 fully saturated rings. The second-order valence-electron chi connectivity index (χ2n) is 7.37. The third-order valence-corrected chi connectivity index (χ3v) is 7.69. The molecule has 2 aliphatic heterocycles. The van der Waals surface area contributed by atoms with Gasteiger partial charge in [0.05, 0.1) is 5.69 Å². The summed E-state index contributed by atoms with van der Waals surface area (Å²) < 4.78 is 1.78. The number of piperazine rings is 1. The van der Waals surface area contributed by atoms with Gasteiger partial charge in [-0.25, -0.2) is 4.90 Å². The summed E-state index contributed by atoms with van der Waals surface area (Å²) in [5.41, 5.74) is 1.95. The number of thiocarbonyl (C=S) groups is 1. The molecule has 0 spiro atoms. The van der Waals surface area contributed by atoms with E-state index < -0.39 is 5.25 Å². The molecule has 2 heterocycles. The summed E-state index contributed by atoms with van der Waals surface area (Å²) in [5, 5.41) is -0.438. The fourth-order valence-electron chi connectivity index (χ4n) is 3.68. The van der Waals surface area contributed by atoms with Gasteiger partial charge in [-0.15, -0.1) is 0 Å². The van der Waals surface area contributed by atoms with Gasteiger partial charge in [0.25, 0.3) is 0 Å². The fraction of sp³-hybridized carbons (Fsp3) is 0.318. The average Bonchev–Trinajstić information content (AvgIpc) is 3.03. The number of hydrogen-bond acceptors (Lipinski definition) is 5. The Morgan fingerprint density at radius 2 is 1.67 bits per heavy atom. The van der Waals surface area contributed by atoms with E-state index in [1.165, 1.54) is 22.2 Å². The van der Waals surface area contributed by atoms with Crippen LogP contribution >= 0.6 is 46.6 Å². The molecule has 2 aromatic rings. The zero-order valence-electron chi connectivity index (χ0n) is 16.4. The third-order valence-electron chi connectivity index (χ3n) is 5.31. The molecule has 2 saturated heterocycles. The number of halogens is 1. The van der Waals surface area contributed by atoms with E-state index in [4.69, 9.17) is 12.2 Å². The summed E-state index contributed by atoms with van der Waals surface area (Å²) in [6.45, 7) is 4.49. The Bertz CT molecular complexity index is 931. The number of carbonyl (C=O) groups is 2. The molecule has 2 aliphatic rings. The summed E-state index contributed by atoms with van der Waals surface area (Å²) in [5.74, 6) is -0.328. The molecule has 0 aromatic heterocycles. The van der Waals surface area contributed by atoms with Crippen LogP contribution in [0.4, 0.5) is 5.69 Å². The van der Waals surface area contributed by atoms with Gasteiger partial charge in [0.15, 0.2) is 0 Å². The summed E-state index contributed by atoms with van der Waals surface area (Å²) in [4.78, 5) is 31.2. The Morgan fingerprint density at radius 1 is 1.00 bits per heavy atom. The number of rotatable bonds is 4. The number of anilines is 1. The molecule has 2 aromatic carbocycles. The van der Waals surface area contributed by atoms with Crippen LogP contribution in [0.5, 0.6) is 0 Å². The van der Waals surface area contributed by atoms with Gasteiger partial charge in [-0.1, -0.05) is 54.3 Å². The maximum absolute atomic E-state index is 12.9. The van der Waals surface area contributed by atoms with Crippen molar-refractivity contribution in [2.45, 2.75) is 18.2 Å². The molecule has 0 saturated carbocycles. The van der Waals surface area contributed by atoms with Gasteiger partial charge in [-0.05, 0) is 52.4 Å². The maximum Gasteiger partial charge on any atom is 0.247 e. The number of imide groups is 1. The van der Waals surface area contributed by atoms with Crippen LogP contribution in [0.1, 0.15) is 12.0 Å². The first-order valence-corrected chi connectivity index (χ1v) is 12.2. The van der Waals surface area contributed by atoms with E-state index in [0.29, 0.717) is 10.0 Å². The van der Waals surface area contributed by atoms with Gasteiger partial charge in [0.2, 0.25) is 11.8 Å². The molecular weight excluding hydrogens is 529 g/mol. The Hall–Kier alpha value is -1.49. The van der Waals surface area contributed by atoms with Crippen molar-refractivity contribution < 1.29 is 9.59 Å². The predicted molar refractivity (Wildman–Crippen MR) is 134 cm³/mol. The van der Waals surface area contributed by atoms with Gasteiger partial charge in [0.1, 0.15) is 9.57 Å². The SMILES string of the molecule is O=C1C[C@@H](SC(=S)N2CCN(Cc3ccccc3)CC2)C(=O)N1c1ccc(I)cc1. The van der Waals surface area contributed by atoms with Crippen LogP contribution in [0.2, 0.25) is 0 Å². The summed E-state index contributed by atoms with van der Waals surface area (Å²) >= 11 is 9.19. The van der Waals surface area contributed by atoms with Crippen LogP contribution in [0, 0.1) is 3.57 Å². The Morgan fingerprint density at radius 3 is 2.33 bits per heavy atom. The van der Waals surface area contributed by atoms with E-state index in [1.54, 1.807) is 0 Å². The highest BCUT2D eigenvalue weighted by Crippen LogP contribution is 2.31. The number of hydrogen-bond donors (Lipinski definition) is 0. The van der Waals surface area contributed by atoms with Crippen molar-refractivity contribution in [2.75, 3.05) is 31.1 Å². The normalized spacial score (nSPS) is 20.1. The summed E-state index contributed by atoms with van der Waals surface area (Å²) in [6.07, 6.45) is 0.198. The lowest BCUT2D eigenvalue weighted by Crippen LogP contribution is -2.47. The molecular formula is C22H22IN3O2S2. The largest absolute Gasteiger partial charge is 0.355 e. The van der Waals surface area contributed by atoms with Gasteiger partial charge in [-0.2, -0.15) is 0 Å². The average molecular weight is 551 g/mol. The van der Waals surface area contributed by atoms with Crippen molar-refractivity contribution in [2.24, 2.45) is 0 Å². The maximum atomic E-state index is 12.9. The zero-order valence-corrected chi connectivity index (χ0v) is 20.2. The van der Waals surface area contributed by atoms with E-state index in [2.05, 4.69) is 56.7 Å². The van der Waals surface area contributed by atoms with E-state index >= 15 is 0 Å². The van der Waals surface area contributed by atoms with Crippen LogP contribution in [-0.4, -0.2) is 57.4 Å². The van der Waals surface area contributed by atoms with Gasteiger partial charge < -0.3 is 4.90 Å². The smallest absolute Gasteiger partial charge is 0.247 e. The topological polar surface area (TPSA) is 43.9 Å². The van der Waals surface area contributed by atoms with E-state index in [-0.39, 0.29) is 18.2 Å². The van der Waals surface area contributed by atoms with Gasteiger partial charge in [-0.3, -0.25) is 14.5 Å². The van der Waals surface area contributed by atoms with E-state index in [9.17, 15) is 9.59 Å². The van der Waals surface area contributed by atoms with Crippen LogP contribution in [0.3, 0.4) is 0 Å². The van der Waals surface area contributed by atoms with Crippen molar-refractivity contribution >= 4 is 68.4 Å². The number of amides is 2. The highest BCUT2D eigenvalue weighted by Gasteiger charge is 2.41. The molecule has 156 valence electrons. The lowest BCUT2D eigenvalue weighted by Gasteiger charge is -2.36. The molecule has 5 nitrogen and oxygen atoms in total. The van der Waals surface area contributed by atoms with E-state index in [1.807, 2.05) is 30.3 Å². The molecule has 30 heavy (non-hydrogen) atoms. The molecule has 4 rings (SSSR count). The monoisotopic (exact) mass is 551 g/mol. The van der Waals surface area contributed by atoms with Crippen molar-refractivity contribution in [1.29, 1.82) is 0 Å². The molecule has 0 bridgehead atoms. The molecule has 0 aliphatic carbocycles. The van der Waals surface area contributed by atoms with Gasteiger partial charge >= 0.3 is 0 Å². The van der Waals surface area contributed by atoms with Gasteiger partial charge in [0, 0.05) is 42.7 Å². The first-order valence-electron chi connectivity index (χ1n) is 9.85. The van der Waals surface area contributed by atoms with Crippen LogP contribution in [-0.2, 0) is 16.1 Å². The second kappa shape index (κ2) is 9.76. The van der Waals surface area contributed by atoms with Crippen LogP contribution in [0.15, 0.2) is 54.6 Å². The van der Waals surface area contributed by atoms with Crippen molar-refractivity contribution in [3.63, 3.8) is 0 Å². The Labute approximate surface area is 199 Å². The highest BCUT2D eigenvalue weighted by molar-refractivity contribution is 14.1. The third kappa shape index (κ3) is 5.04. The summed E-state index contributed by atoms with van der Waals surface area (Å²) in [6, 6.07) is 17.9. The number of nitrogens with zero attached hydrogens (tertiary/aromatic N) is 3. The molecule has 8 heteroatoms. The Balaban J connectivity index is 1.30.